The number of aliphatic hydroxyl groups excluding tert-OH is 1. The number of hydrogen-bond acceptors (Lipinski definition) is 6. The lowest BCUT2D eigenvalue weighted by molar-refractivity contribution is 0.170. The Morgan fingerprint density at radius 2 is 1.94 bits per heavy atom. The van der Waals surface area contributed by atoms with Gasteiger partial charge in [-0.1, -0.05) is 13.8 Å². The molecule has 0 aliphatic carbocycles. The molecule has 0 bridgehead atoms. The van der Waals surface area contributed by atoms with Gasteiger partial charge in [0.05, 0.1) is 0 Å². The number of nitrogens with one attached hydrogen (secondary N) is 1. The molecule has 0 atom stereocenters. The van der Waals surface area contributed by atoms with Gasteiger partial charge >= 0.3 is 0 Å². The summed E-state index contributed by atoms with van der Waals surface area (Å²) in [5.41, 5.74) is -0.239. The van der Waals surface area contributed by atoms with Gasteiger partial charge in [0, 0.05) is 32.7 Å². The monoisotopic (exact) mass is 259 g/mol. The fourth-order valence-electron chi connectivity index (χ4n) is 0.993. The molecule has 1 aromatic rings. The zero-order chi connectivity index (χ0) is 13.1. The van der Waals surface area contributed by atoms with Gasteiger partial charge in [-0.15, -0.1) is 0 Å². The van der Waals surface area contributed by atoms with Crippen LogP contribution in [0, 0.1) is 5.41 Å². The second kappa shape index (κ2) is 5.46. The average molecular weight is 260 g/mol. The highest BCUT2D eigenvalue weighted by atomic mass is 35.5. The average Bonchev–Trinajstić information content (AvgIpc) is 2.26. The second-order valence-corrected chi connectivity index (χ2v) is 5.14. The number of aromatic nitrogens is 3. The molecule has 0 aromatic carbocycles. The summed E-state index contributed by atoms with van der Waals surface area (Å²) in [4.78, 5) is 13.9. The molecule has 96 valence electrons. The second-order valence-electron chi connectivity index (χ2n) is 4.80. The zero-order valence-corrected chi connectivity index (χ0v) is 11.3. The fraction of sp³-hybridized carbons (Fsp3) is 0.700. The number of nitrogens with zero attached hydrogens (tertiary/aromatic N) is 4. The Morgan fingerprint density at radius 3 is 2.47 bits per heavy atom. The first-order valence-corrected chi connectivity index (χ1v) is 5.65. The van der Waals surface area contributed by atoms with Crippen molar-refractivity contribution in [2.24, 2.45) is 5.41 Å². The zero-order valence-electron chi connectivity index (χ0n) is 10.5. The molecular weight excluding hydrogens is 242 g/mol. The molecule has 0 unspecified atom stereocenters. The number of aliphatic hydroxyl groups is 1. The van der Waals surface area contributed by atoms with E-state index in [1.807, 2.05) is 27.9 Å². The maximum atomic E-state index is 9.14. The van der Waals surface area contributed by atoms with Crippen LogP contribution in [0.25, 0.3) is 0 Å². The molecule has 0 aliphatic rings. The van der Waals surface area contributed by atoms with Gasteiger partial charge in [-0.3, -0.25) is 0 Å². The molecule has 1 aromatic heterocycles. The van der Waals surface area contributed by atoms with Gasteiger partial charge < -0.3 is 15.3 Å². The predicted molar refractivity (Wildman–Crippen MR) is 68.5 cm³/mol. The van der Waals surface area contributed by atoms with Crippen LogP contribution >= 0.6 is 11.6 Å². The van der Waals surface area contributed by atoms with E-state index in [2.05, 4.69) is 20.3 Å². The minimum atomic E-state index is -0.239. The number of halogens is 1. The van der Waals surface area contributed by atoms with Gasteiger partial charge in [0.15, 0.2) is 0 Å². The third kappa shape index (κ3) is 4.32. The molecule has 0 amide bonds. The lowest BCUT2D eigenvalue weighted by Crippen LogP contribution is -2.27. The van der Waals surface area contributed by atoms with E-state index in [9.17, 15) is 0 Å². The minimum absolute atomic E-state index is 0.0827. The van der Waals surface area contributed by atoms with Gasteiger partial charge in [-0.25, -0.2) is 0 Å². The van der Waals surface area contributed by atoms with Crippen molar-refractivity contribution < 1.29 is 5.11 Å². The van der Waals surface area contributed by atoms with Crippen molar-refractivity contribution in [3.8, 4) is 0 Å². The molecule has 0 fully saturated rings. The van der Waals surface area contributed by atoms with Crippen LogP contribution in [0.5, 0.6) is 0 Å². The highest BCUT2D eigenvalue weighted by molar-refractivity contribution is 6.28. The summed E-state index contributed by atoms with van der Waals surface area (Å²) in [7, 11) is 3.65. The Kier molecular flexibility index (Phi) is 4.47. The summed E-state index contributed by atoms with van der Waals surface area (Å²) < 4.78 is 0. The number of rotatable bonds is 5. The molecule has 6 nitrogen and oxygen atoms in total. The SMILES string of the molecule is CN(C)c1nc(Cl)nc(NCC(C)(C)CO)n1. The van der Waals surface area contributed by atoms with Gasteiger partial charge in [0.2, 0.25) is 17.2 Å². The Hall–Kier alpha value is -1.14. The van der Waals surface area contributed by atoms with E-state index in [1.54, 1.807) is 4.90 Å². The molecule has 7 heteroatoms. The topological polar surface area (TPSA) is 74.2 Å². The summed E-state index contributed by atoms with van der Waals surface area (Å²) in [5.74, 6) is 0.907. The molecule has 0 spiro atoms. The van der Waals surface area contributed by atoms with Crippen molar-refractivity contribution in [1.82, 2.24) is 15.0 Å². The molecule has 2 N–H and O–H groups in total. The highest BCUT2D eigenvalue weighted by Crippen LogP contribution is 2.16. The fourth-order valence-corrected chi connectivity index (χ4v) is 1.15. The van der Waals surface area contributed by atoms with Crippen LogP contribution in [0.4, 0.5) is 11.9 Å². The van der Waals surface area contributed by atoms with E-state index >= 15 is 0 Å². The number of hydrogen-bond donors (Lipinski definition) is 2. The van der Waals surface area contributed by atoms with Crippen LogP contribution in [-0.2, 0) is 0 Å². The first kappa shape index (κ1) is 13.9. The third-order valence-corrected chi connectivity index (χ3v) is 2.32. The molecule has 0 radical (unpaired) electrons. The van der Waals surface area contributed by atoms with Gasteiger partial charge in [-0.05, 0) is 11.6 Å². The van der Waals surface area contributed by atoms with Crippen LogP contribution in [0.2, 0.25) is 5.28 Å². The Labute approximate surface area is 106 Å². The summed E-state index contributed by atoms with van der Waals surface area (Å²) in [6.07, 6.45) is 0. The van der Waals surface area contributed by atoms with Gasteiger partial charge in [0.1, 0.15) is 0 Å². The van der Waals surface area contributed by atoms with Crippen LogP contribution in [0.15, 0.2) is 0 Å². The van der Waals surface area contributed by atoms with Crippen molar-refractivity contribution in [3.05, 3.63) is 5.28 Å². The molecule has 0 saturated heterocycles. The Morgan fingerprint density at radius 1 is 1.29 bits per heavy atom. The molecule has 1 rings (SSSR count). The van der Waals surface area contributed by atoms with Crippen LogP contribution in [0.1, 0.15) is 13.8 Å². The Balaban J connectivity index is 2.78. The van der Waals surface area contributed by atoms with E-state index in [0.29, 0.717) is 18.4 Å². The lowest BCUT2D eigenvalue weighted by atomic mass is 9.95. The molecule has 0 saturated carbocycles. The first-order chi connectivity index (χ1) is 7.84. The van der Waals surface area contributed by atoms with E-state index in [1.165, 1.54) is 0 Å². The van der Waals surface area contributed by atoms with Crippen molar-refractivity contribution in [2.45, 2.75) is 13.8 Å². The van der Waals surface area contributed by atoms with E-state index in [0.717, 1.165) is 0 Å². The highest BCUT2D eigenvalue weighted by Gasteiger charge is 2.17. The summed E-state index contributed by atoms with van der Waals surface area (Å²) >= 11 is 5.80. The van der Waals surface area contributed by atoms with Crippen molar-refractivity contribution in [2.75, 3.05) is 37.5 Å². The van der Waals surface area contributed by atoms with Crippen molar-refractivity contribution >= 4 is 23.5 Å². The molecular formula is C10H18ClN5O. The van der Waals surface area contributed by atoms with Gasteiger partial charge in [0.25, 0.3) is 0 Å². The minimum Gasteiger partial charge on any atom is -0.396 e. The van der Waals surface area contributed by atoms with Crippen LogP contribution in [-0.4, -0.2) is 47.3 Å². The maximum Gasteiger partial charge on any atom is 0.230 e. The van der Waals surface area contributed by atoms with Crippen molar-refractivity contribution in [1.29, 1.82) is 0 Å². The number of anilines is 2. The maximum absolute atomic E-state index is 9.14. The lowest BCUT2D eigenvalue weighted by Gasteiger charge is -2.22. The normalized spacial score (nSPS) is 11.4. The molecule has 1 heterocycles. The van der Waals surface area contributed by atoms with Crippen molar-refractivity contribution in [3.63, 3.8) is 0 Å². The van der Waals surface area contributed by atoms with Gasteiger partial charge in [-0.2, -0.15) is 15.0 Å². The largest absolute Gasteiger partial charge is 0.396 e. The predicted octanol–water partition coefficient (Wildman–Crippen LogP) is 1.02. The standard InChI is InChI=1S/C10H18ClN5O/c1-10(2,6-17)5-12-8-13-7(11)14-9(15-8)16(3)4/h17H,5-6H2,1-4H3,(H,12,13,14,15). The van der Waals surface area contributed by atoms with Crippen LogP contribution < -0.4 is 10.2 Å². The Bertz CT molecular complexity index is 383. The smallest absolute Gasteiger partial charge is 0.230 e. The quantitative estimate of drug-likeness (QED) is 0.823. The van der Waals surface area contributed by atoms with Crippen LogP contribution in [0.3, 0.4) is 0 Å². The summed E-state index contributed by atoms with van der Waals surface area (Å²) in [6.45, 7) is 4.52. The summed E-state index contributed by atoms with van der Waals surface area (Å²) in [5, 5.41) is 12.3. The first-order valence-electron chi connectivity index (χ1n) is 5.28. The van der Waals surface area contributed by atoms with E-state index < -0.39 is 0 Å². The molecule has 17 heavy (non-hydrogen) atoms. The van der Waals surface area contributed by atoms with E-state index in [4.69, 9.17) is 16.7 Å². The molecule has 0 aliphatic heterocycles. The van der Waals surface area contributed by atoms with E-state index in [-0.39, 0.29) is 17.3 Å². The summed E-state index contributed by atoms with van der Waals surface area (Å²) in [6, 6.07) is 0. The third-order valence-electron chi connectivity index (χ3n) is 2.15.